The number of thiazole rings is 1. The van der Waals surface area contributed by atoms with E-state index < -0.39 is 0 Å². The highest BCUT2D eigenvalue weighted by molar-refractivity contribution is 7.10. The molecule has 0 spiro atoms. The van der Waals surface area contributed by atoms with Crippen molar-refractivity contribution in [3.8, 4) is 17.0 Å². The maximum atomic E-state index is 5.47. The van der Waals surface area contributed by atoms with E-state index in [1.54, 1.807) is 18.4 Å². The zero-order valence-corrected chi connectivity index (χ0v) is 11.6. The largest absolute Gasteiger partial charge is 0.497 e. The monoisotopic (exact) mass is 276 g/mol. The van der Waals surface area contributed by atoms with Crippen molar-refractivity contribution in [1.82, 2.24) is 10.3 Å². The molecule has 3 rings (SSSR count). The molecule has 2 aromatic rings. The Labute approximate surface area is 116 Å². The lowest BCUT2D eigenvalue weighted by molar-refractivity contribution is 0.0768. The minimum absolute atomic E-state index is 0.228. The van der Waals surface area contributed by atoms with Gasteiger partial charge in [0.1, 0.15) is 10.8 Å². The lowest BCUT2D eigenvalue weighted by Crippen LogP contribution is -2.34. The summed E-state index contributed by atoms with van der Waals surface area (Å²) in [4.78, 5) is 4.69. The minimum Gasteiger partial charge on any atom is -0.497 e. The Kier molecular flexibility index (Phi) is 3.77. The summed E-state index contributed by atoms with van der Waals surface area (Å²) in [6.07, 6.45) is 0. The predicted octanol–water partition coefficient (Wildman–Crippen LogP) is 2.48. The number of ether oxygens (including phenoxy) is 2. The predicted molar refractivity (Wildman–Crippen MR) is 75.7 cm³/mol. The molecule has 1 aromatic heterocycles. The highest BCUT2D eigenvalue weighted by atomic mass is 32.1. The number of hydrogen-bond donors (Lipinski definition) is 1. The summed E-state index contributed by atoms with van der Waals surface area (Å²) < 4.78 is 10.6. The first kappa shape index (κ1) is 12.6. The highest BCUT2D eigenvalue weighted by Crippen LogP contribution is 2.27. The van der Waals surface area contributed by atoms with Gasteiger partial charge in [-0.2, -0.15) is 0 Å². The van der Waals surface area contributed by atoms with Crippen LogP contribution in [-0.2, 0) is 4.74 Å². The van der Waals surface area contributed by atoms with E-state index in [-0.39, 0.29) is 6.04 Å². The molecule has 1 unspecified atom stereocenters. The zero-order chi connectivity index (χ0) is 13.1. The summed E-state index contributed by atoms with van der Waals surface area (Å²) in [5, 5.41) is 6.60. The molecule has 19 heavy (non-hydrogen) atoms. The van der Waals surface area contributed by atoms with E-state index in [1.165, 1.54) is 0 Å². The molecule has 0 aliphatic carbocycles. The molecule has 1 aliphatic heterocycles. The van der Waals surface area contributed by atoms with Crippen LogP contribution in [0.3, 0.4) is 0 Å². The number of benzene rings is 1. The van der Waals surface area contributed by atoms with Gasteiger partial charge in [-0.3, -0.25) is 0 Å². The van der Waals surface area contributed by atoms with Crippen molar-refractivity contribution in [1.29, 1.82) is 0 Å². The van der Waals surface area contributed by atoms with Gasteiger partial charge >= 0.3 is 0 Å². The molecule has 0 amide bonds. The fourth-order valence-electron chi connectivity index (χ4n) is 2.07. The van der Waals surface area contributed by atoms with E-state index in [2.05, 4.69) is 10.7 Å². The number of hydrogen-bond acceptors (Lipinski definition) is 5. The molecule has 0 bridgehead atoms. The fraction of sp³-hybridized carbons (Fsp3) is 0.357. The Hall–Kier alpha value is -1.43. The maximum absolute atomic E-state index is 5.47. The summed E-state index contributed by atoms with van der Waals surface area (Å²) in [6, 6.07) is 8.20. The second-order valence-corrected chi connectivity index (χ2v) is 5.27. The van der Waals surface area contributed by atoms with E-state index >= 15 is 0 Å². The number of nitrogens with zero attached hydrogens (tertiary/aromatic N) is 1. The van der Waals surface area contributed by atoms with Gasteiger partial charge in [-0.05, 0) is 24.3 Å². The van der Waals surface area contributed by atoms with E-state index in [1.807, 2.05) is 24.3 Å². The van der Waals surface area contributed by atoms with Gasteiger partial charge in [-0.15, -0.1) is 11.3 Å². The smallest absolute Gasteiger partial charge is 0.118 e. The Morgan fingerprint density at radius 1 is 1.37 bits per heavy atom. The first-order chi connectivity index (χ1) is 9.36. The molecule has 100 valence electrons. The molecule has 0 saturated carbocycles. The summed E-state index contributed by atoms with van der Waals surface area (Å²) in [7, 11) is 1.67. The van der Waals surface area contributed by atoms with Crippen molar-refractivity contribution in [3.63, 3.8) is 0 Å². The summed E-state index contributed by atoms with van der Waals surface area (Å²) in [6.45, 7) is 2.38. The third kappa shape index (κ3) is 2.78. The third-order valence-corrected chi connectivity index (χ3v) is 4.09. The van der Waals surface area contributed by atoms with Gasteiger partial charge in [0, 0.05) is 17.5 Å². The molecule has 2 heterocycles. The second kappa shape index (κ2) is 5.69. The number of aromatic nitrogens is 1. The van der Waals surface area contributed by atoms with Crippen molar-refractivity contribution < 1.29 is 9.47 Å². The summed E-state index contributed by atoms with van der Waals surface area (Å²) in [5.74, 6) is 0.863. The standard InChI is InChI=1S/C14H16N2O2S/c1-17-11-4-2-10(3-5-11)13-9-19-14(16-13)12-8-18-7-6-15-12/h2-5,9,12,15H,6-8H2,1H3. The fourth-order valence-corrected chi connectivity index (χ4v) is 2.95. The van der Waals surface area contributed by atoms with Gasteiger partial charge in [0.25, 0.3) is 0 Å². The van der Waals surface area contributed by atoms with Crippen LogP contribution in [-0.4, -0.2) is 31.9 Å². The lowest BCUT2D eigenvalue weighted by atomic mass is 10.2. The Morgan fingerprint density at radius 3 is 2.89 bits per heavy atom. The zero-order valence-electron chi connectivity index (χ0n) is 10.8. The quantitative estimate of drug-likeness (QED) is 0.935. The van der Waals surface area contributed by atoms with Crippen LogP contribution in [0.1, 0.15) is 11.0 Å². The van der Waals surface area contributed by atoms with Crippen LogP contribution in [0.25, 0.3) is 11.3 Å². The first-order valence-corrected chi connectivity index (χ1v) is 7.16. The van der Waals surface area contributed by atoms with Crippen molar-refractivity contribution in [2.24, 2.45) is 0 Å². The van der Waals surface area contributed by atoms with E-state index in [9.17, 15) is 0 Å². The Balaban J connectivity index is 1.79. The first-order valence-electron chi connectivity index (χ1n) is 6.28. The van der Waals surface area contributed by atoms with Gasteiger partial charge in [0.05, 0.1) is 32.1 Å². The highest BCUT2D eigenvalue weighted by Gasteiger charge is 2.18. The van der Waals surface area contributed by atoms with Crippen LogP contribution in [0.5, 0.6) is 5.75 Å². The molecule has 1 saturated heterocycles. The number of methoxy groups -OCH3 is 1. The molecule has 1 aromatic carbocycles. The van der Waals surface area contributed by atoms with Gasteiger partial charge in [0.2, 0.25) is 0 Å². The van der Waals surface area contributed by atoms with Crippen LogP contribution < -0.4 is 10.1 Å². The normalized spacial score (nSPS) is 19.3. The van der Waals surface area contributed by atoms with Crippen LogP contribution in [0.2, 0.25) is 0 Å². The van der Waals surface area contributed by atoms with E-state index in [0.717, 1.165) is 35.2 Å². The SMILES string of the molecule is COc1ccc(-c2csc(C3COCCN3)n2)cc1. The van der Waals surface area contributed by atoms with Crippen molar-refractivity contribution in [2.45, 2.75) is 6.04 Å². The van der Waals surface area contributed by atoms with Crippen molar-refractivity contribution in [3.05, 3.63) is 34.7 Å². The van der Waals surface area contributed by atoms with Crippen molar-refractivity contribution in [2.75, 3.05) is 26.9 Å². The third-order valence-electron chi connectivity index (χ3n) is 3.13. The summed E-state index contributed by atoms with van der Waals surface area (Å²) in [5.41, 5.74) is 2.12. The molecule has 1 aliphatic rings. The average molecular weight is 276 g/mol. The van der Waals surface area contributed by atoms with Crippen LogP contribution >= 0.6 is 11.3 Å². The van der Waals surface area contributed by atoms with Crippen LogP contribution in [0, 0.1) is 0 Å². The topological polar surface area (TPSA) is 43.4 Å². The van der Waals surface area contributed by atoms with E-state index in [4.69, 9.17) is 14.5 Å². The average Bonchev–Trinajstić information content (AvgIpc) is 2.98. The number of rotatable bonds is 3. The number of morpholine rings is 1. The van der Waals surface area contributed by atoms with Crippen molar-refractivity contribution >= 4 is 11.3 Å². The molecule has 1 atom stereocenters. The Morgan fingerprint density at radius 2 is 2.21 bits per heavy atom. The van der Waals surface area contributed by atoms with E-state index in [0.29, 0.717) is 6.61 Å². The molecule has 5 heteroatoms. The molecule has 4 nitrogen and oxygen atoms in total. The molecule has 1 N–H and O–H groups in total. The lowest BCUT2D eigenvalue weighted by Gasteiger charge is -2.21. The molecule has 0 radical (unpaired) electrons. The van der Waals surface area contributed by atoms with Crippen LogP contribution in [0.4, 0.5) is 0 Å². The molecule has 1 fully saturated rings. The summed E-state index contributed by atoms with van der Waals surface area (Å²) >= 11 is 1.68. The maximum Gasteiger partial charge on any atom is 0.118 e. The van der Waals surface area contributed by atoms with Gasteiger partial charge in [0.15, 0.2) is 0 Å². The second-order valence-electron chi connectivity index (χ2n) is 4.38. The van der Waals surface area contributed by atoms with Gasteiger partial charge < -0.3 is 14.8 Å². The van der Waals surface area contributed by atoms with Gasteiger partial charge in [-0.1, -0.05) is 0 Å². The molecular weight excluding hydrogens is 260 g/mol. The van der Waals surface area contributed by atoms with Gasteiger partial charge in [-0.25, -0.2) is 4.98 Å². The number of nitrogens with one attached hydrogen (secondary N) is 1. The minimum atomic E-state index is 0.228. The van der Waals surface area contributed by atoms with Crippen LogP contribution in [0.15, 0.2) is 29.6 Å². The molecular formula is C14H16N2O2S. The Bertz CT molecular complexity index is 533.